The first kappa shape index (κ1) is 22.0. The number of sulfonamides is 1. The van der Waals surface area contributed by atoms with Gasteiger partial charge in [-0.1, -0.05) is 59.4 Å². The van der Waals surface area contributed by atoms with Crippen LogP contribution in [-0.4, -0.2) is 25.9 Å². The average molecular weight is 444 g/mol. The Bertz CT molecular complexity index is 1140. The summed E-state index contributed by atoms with van der Waals surface area (Å²) in [6.45, 7) is 5.90. The lowest BCUT2D eigenvalue weighted by Crippen LogP contribution is -2.24. The third-order valence-corrected chi connectivity index (χ3v) is 7.32. The van der Waals surface area contributed by atoms with Gasteiger partial charge in [0.15, 0.2) is 5.13 Å². The van der Waals surface area contributed by atoms with Gasteiger partial charge in [0, 0.05) is 6.54 Å². The number of carbonyl (C=O) groups is 1. The number of hydrogen-bond donors (Lipinski definition) is 2. The van der Waals surface area contributed by atoms with Crippen LogP contribution in [0.2, 0.25) is 0 Å². The first-order chi connectivity index (χ1) is 14.3. The van der Waals surface area contributed by atoms with E-state index in [0.717, 1.165) is 29.7 Å². The molecule has 0 fully saturated rings. The summed E-state index contributed by atoms with van der Waals surface area (Å²) in [4.78, 5) is 17.3. The molecule has 0 unspecified atom stereocenters. The monoisotopic (exact) mass is 443 g/mol. The van der Waals surface area contributed by atoms with E-state index in [2.05, 4.69) is 27.2 Å². The summed E-state index contributed by atoms with van der Waals surface area (Å²) in [6.07, 6.45) is 1.70. The minimum atomic E-state index is -3.78. The number of carbonyl (C=O) groups excluding carboxylic acids is 1. The molecular weight excluding hydrogens is 418 g/mol. The standard InChI is InChI=1S/C22H25N3O3S2/c1-15-11-12-19(16(2)14-15)30(27,28)25-22-24-17(3)20(29-22)21(26)23-13-7-10-18-8-5-4-6-9-18/h4-6,8-9,11-12,14H,7,10,13H2,1-3H3,(H,23,26)(H,24,25). The van der Waals surface area contributed by atoms with Crippen LogP contribution in [0.15, 0.2) is 53.4 Å². The highest BCUT2D eigenvalue weighted by Gasteiger charge is 2.21. The second kappa shape index (κ2) is 9.40. The molecule has 0 radical (unpaired) electrons. The summed E-state index contributed by atoms with van der Waals surface area (Å²) in [7, 11) is -3.78. The van der Waals surface area contributed by atoms with Crippen molar-refractivity contribution in [2.75, 3.05) is 11.3 Å². The highest BCUT2D eigenvalue weighted by atomic mass is 32.2. The predicted molar refractivity (Wildman–Crippen MR) is 121 cm³/mol. The minimum absolute atomic E-state index is 0.182. The lowest BCUT2D eigenvalue weighted by molar-refractivity contribution is 0.0956. The van der Waals surface area contributed by atoms with Crippen LogP contribution in [0.1, 0.15) is 38.5 Å². The number of nitrogens with zero attached hydrogens (tertiary/aromatic N) is 1. The van der Waals surface area contributed by atoms with E-state index in [-0.39, 0.29) is 15.9 Å². The molecule has 30 heavy (non-hydrogen) atoms. The van der Waals surface area contributed by atoms with Crippen LogP contribution in [0, 0.1) is 20.8 Å². The van der Waals surface area contributed by atoms with E-state index in [1.54, 1.807) is 26.0 Å². The number of anilines is 1. The molecule has 0 aliphatic carbocycles. The van der Waals surface area contributed by atoms with Gasteiger partial charge < -0.3 is 5.32 Å². The predicted octanol–water partition coefficient (Wildman–Crippen LogP) is 4.23. The van der Waals surface area contributed by atoms with Crippen molar-refractivity contribution >= 4 is 32.4 Å². The first-order valence-corrected chi connectivity index (χ1v) is 12.0. The number of aryl methyl sites for hydroxylation is 4. The Morgan fingerprint density at radius 1 is 1.07 bits per heavy atom. The second-order valence-electron chi connectivity index (χ2n) is 7.15. The SMILES string of the molecule is Cc1ccc(S(=O)(=O)Nc2nc(C)c(C(=O)NCCCc3ccccc3)s2)c(C)c1. The largest absolute Gasteiger partial charge is 0.351 e. The van der Waals surface area contributed by atoms with Crippen LogP contribution in [0.4, 0.5) is 5.13 Å². The third-order valence-electron chi connectivity index (χ3n) is 4.62. The van der Waals surface area contributed by atoms with Gasteiger partial charge in [-0.25, -0.2) is 13.4 Å². The van der Waals surface area contributed by atoms with Crippen LogP contribution in [0.5, 0.6) is 0 Å². The van der Waals surface area contributed by atoms with Crippen LogP contribution >= 0.6 is 11.3 Å². The maximum atomic E-state index is 12.7. The van der Waals surface area contributed by atoms with Gasteiger partial charge in [0.25, 0.3) is 15.9 Å². The second-order valence-corrected chi connectivity index (χ2v) is 9.80. The molecule has 8 heteroatoms. The van der Waals surface area contributed by atoms with Crippen molar-refractivity contribution in [3.8, 4) is 0 Å². The van der Waals surface area contributed by atoms with E-state index < -0.39 is 10.0 Å². The quantitative estimate of drug-likeness (QED) is 0.510. The number of hydrogen-bond acceptors (Lipinski definition) is 5. The van der Waals surface area contributed by atoms with E-state index in [0.29, 0.717) is 22.7 Å². The number of nitrogens with one attached hydrogen (secondary N) is 2. The van der Waals surface area contributed by atoms with Crippen molar-refractivity contribution in [2.45, 2.75) is 38.5 Å². The van der Waals surface area contributed by atoms with Gasteiger partial charge in [0.1, 0.15) is 4.88 Å². The van der Waals surface area contributed by atoms with Crippen molar-refractivity contribution in [3.63, 3.8) is 0 Å². The third kappa shape index (κ3) is 5.46. The summed E-state index contributed by atoms with van der Waals surface area (Å²) < 4.78 is 27.9. The van der Waals surface area contributed by atoms with Crippen molar-refractivity contribution in [1.29, 1.82) is 0 Å². The Labute approximate surface area is 181 Å². The molecular formula is C22H25N3O3S2. The van der Waals surface area contributed by atoms with Crippen molar-refractivity contribution < 1.29 is 13.2 Å². The van der Waals surface area contributed by atoms with E-state index >= 15 is 0 Å². The maximum absolute atomic E-state index is 12.7. The molecule has 0 saturated carbocycles. The summed E-state index contributed by atoms with van der Waals surface area (Å²) >= 11 is 1.04. The Kier molecular flexibility index (Phi) is 6.89. The van der Waals surface area contributed by atoms with Gasteiger partial charge in [-0.3, -0.25) is 9.52 Å². The van der Waals surface area contributed by atoms with E-state index in [1.807, 2.05) is 31.2 Å². The molecule has 158 valence electrons. The van der Waals surface area contributed by atoms with Gasteiger partial charge in [0.05, 0.1) is 10.6 Å². The molecule has 0 bridgehead atoms. The van der Waals surface area contributed by atoms with Crippen LogP contribution < -0.4 is 10.0 Å². The van der Waals surface area contributed by atoms with Gasteiger partial charge in [-0.2, -0.15) is 0 Å². The van der Waals surface area contributed by atoms with Crippen LogP contribution in [0.25, 0.3) is 0 Å². The molecule has 0 aliphatic rings. The Morgan fingerprint density at radius 2 is 1.80 bits per heavy atom. The molecule has 0 aliphatic heterocycles. The zero-order valence-corrected chi connectivity index (χ0v) is 18.9. The molecule has 0 spiro atoms. The molecule has 1 heterocycles. The van der Waals surface area contributed by atoms with E-state index in [1.165, 1.54) is 5.56 Å². The zero-order chi connectivity index (χ0) is 21.7. The fraction of sp³-hybridized carbons (Fsp3) is 0.273. The minimum Gasteiger partial charge on any atom is -0.351 e. The molecule has 0 saturated heterocycles. The molecule has 1 aromatic heterocycles. The van der Waals surface area contributed by atoms with Crippen molar-refractivity contribution in [3.05, 3.63) is 75.8 Å². The zero-order valence-electron chi connectivity index (χ0n) is 17.2. The average Bonchev–Trinajstić information content (AvgIpc) is 3.05. The van der Waals surface area contributed by atoms with Crippen LogP contribution in [0.3, 0.4) is 0 Å². The molecule has 0 atom stereocenters. The van der Waals surface area contributed by atoms with Gasteiger partial charge >= 0.3 is 0 Å². The first-order valence-electron chi connectivity index (χ1n) is 9.66. The number of thiazole rings is 1. The van der Waals surface area contributed by atoms with Crippen molar-refractivity contribution in [1.82, 2.24) is 10.3 Å². The highest BCUT2D eigenvalue weighted by molar-refractivity contribution is 7.93. The van der Waals surface area contributed by atoms with Crippen molar-refractivity contribution in [2.24, 2.45) is 0 Å². The summed E-state index contributed by atoms with van der Waals surface area (Å²) in [5, 5.41) is 3.07. The lowest BCUT2D eigenvalue weighted by atomic mass is 10.1. The summed E-state index contributed by atoms with van der Waals surface area (Å²) in [5.74, 6) is -0.241. The Hall–Kier alpha value is -2.71. The van der Waals surface area contributed by atoms with E-state index in [4.69, 9.17) is 0 Å². The highest BCUT2D eigenvalue weighted by Crippen LogP contribution is 2.26. The molecule has 1 amide bonds. The number of benzene rings is 2. The van der Waals surface area contributed by atoms with Crippen LogP contribution in [-0.2, 0) is 16.4 Å². The fourth-order valence-electron chi connectivity index (χ4n) is 3.14. The molecule has 2 N–H and O–H groups in total. The van der Waals surface area contributed by atoms with E-state index in [9.17, 15) is 13.2 Å². The number of rotatable bonds is 8. The van der Waals surface area contributed by atoms with Gasteiger partial charge in [-0.05, 0) is 50.8 Å². The maximum Gasteiger partial charge on any atom is 0.263 e. The molecule has 3 rings (SSSR count). The summed E-state index contributed by atoms with van der Waals surface area (Å²) in [6, 6.07) is 15.2. The number of aromatic nitrogens is 1. The van der Waals surface area contributed by atoms with Gasteiger partial charge in [0.2, 0.25) is 0 Å². The Morgan fingerprint density at radius 3 is 2.50 bits per heavy atom. The molecule has 2 aromatic carbocycles. The molecule has 6 nitrogen and oxygen atoms in total. The Balaban J connectivity index is 1.62. The molecule has 3 aromatic rings. The number of amides is 1. The topological polar surface area (TPSA) is 88.2 Å². The summed E-state index contributed by atoms with van der Waals surface area (Å²) in [5.41, 5.74) is 3.37. The van der Waals surface area contributed by atoms with Gasteiger partial charge in [-0.15, -0.1) is 0 Å². The smallest absolute Gasteiger partial charge is 0.263 e. The fourth-order valence-corrected chi connectivity index (χ4v) is 5.49. The lowest BCUT2D eigenvalue weighted by Gasteiger charge is -2.08. The normalized spacial score (nSPS) is 11.3.